The van der Waals surface area contributed by atoms with Gasteiger partial charge in [-0.1, -0.05) is 33.6 Å². The molecular weight excluding hydrogens is 400 g/mol. The van der Waals surface area contributed by atoms with E-state index in [1.165, 1.54) is 57.8 Å². The topological polar surface area (TPSA) is 55.8 Å². The van der Waals surface area contributed by atoms with Gasteiger partial charge in [0.25, 0.3) is 0 Å². The molecule has 5 rings (SSSR count). The SMILES string of the molecule is CC(CCCCC1CCC2C3CCC4CC5(CCC4(C)C3CCC12C)OCCO5)C(=O)O. The summed E-state index contributed by atoms with van der Waals surface area (Å²) in [6.07, 6.45) is 16.4. The molecule has 32 heavy (non-hydrogen) atoms. The lowest BCUT2D eigenvalue weighted by atomic mass is 9.44. The van der Waals surface area contributed by atoms with Crippen LogP contribution in [0.5, 0.6) is 0 Å². The normalized spacial score (nSPS) is 45.8. The van der Waals surface area contributed by atoms with Gasteiger partial charge in [-0.2, -0.15) is 0 Å². The van der Waals surface area contributed by atoms with Crippen molar-refractivity contribution >= 4 is 5.97 Å². The van der Waals surface area contributed by atoms with Crippen LogP contribution in [0.4, 0.5) is 0 Å². The van der Waals surface area contributed by atoms with Crippen molar-refractivity contribution in [2.75, 3.05) is 13.2 Å². The van der Waals surface area contributed by atoms with E-state index in [-0.39, 0.29) is 11.7 Å². The molecule has 0 aromatic carbocycles. The Balaban J connectivity index is 1.22. The highest BCUT2D eigenvalue weighted by Gasteiger charge is 2.61. The first kappa shape index (κ1) is 23.1. The van der Waals surface area contributed by atoms with Crippen molar-refractivity contribution in [1.82, 2.24) is 0 Å². The number of carboxylic acid groups (broad SMARTS) is 1. The fraction of sp³-hybridized carbons (Fsp3) is 0.964. The van der Waals surface area contributed by atoms with Crippen LogP contribution < -0.4 is 0 Å². The minimum Gasteiger partial charge on any atom is -0.481 e. The maximum Gasteiger partial charge on any atom is 0.306 e. The average molecular weight is 447 g/mol. The van der Waals surface area contributed by atoms with E-state index in [4.69, 9.17) is 14.6 Å². The van der Waals surface area contributed by atoms with E-state index in [0.717, 1.165) is 68.5 Å². The van der Waals surface area contributed by atoms with Crippen LogP contribution in [0.2, 0.25) is 0 Å². The summed E-state index contributed by atoms with van der Waals surface area (Å²) in [6.45, 7) is 8.69. The summed E-state index contributed by atoms with van der Waals surface area (Å²) in [5, 5.41) is 9.15. The minimum absolute atomic E-state index is 0.192. The van der Waals surface area contributed by atoms with Gasteiger partial charge in [-0.15, -0.1) is 0 Å². The molecule has 182 valence electrons. The van der Waals surface area contributed by atoms with Crippen molar-refractivity contribution in [2.24, 2.45) is 46.3 Å². The third kappa shape index (κ3) is 3.76. The Morgan fingerprint density at radius 3 is 2.44 bits per heavy atom. The van der Waals surface area contributed by atoms with Gasteiger partial charge in [-0.25, -0.2) is 0 Å². The van der Waals surface area contributed by atoms with Gasteiger partial charge in [0.05, 0.1) is 19.1 Å². The van der Waals surface area contributed by atoms with Crippen LogP contribution in [0, 0.1) is 46.3 Å². The van der Waals surface area contributed by atoms with Gasteiger partial charge in [0.1, 0.15) is 0 Å². The lowest BCUT2D eigenvalue weighted by Gasteiger charge is -2.62. The monoisotopic (exact) mass is 446 g/mol. The van der Waals surface area contributed by atoms with Crippen LogP contribution in [0.25, 0.3) is 0 Å². The second-order valence-corrected chi connectivity index (χ2v) is 12.8. The molecule has 0 aromatic rings. The highest BCUT2D eigenvalue weighted by Crippen LogP contribution is 2.68. The average Bonchev–Trinajstić information content (AvgIpc) is 3.36. The van der Waals surface area contributed by atoms with Crippen LogP contribution in [0.15, 0.2) is 0 Å². The first-order valence-electron chi connectivity index (χ1n) is 13.8. The highest BCUT2D eigenvalue weighted by molar-refractivity contribution is 5.69. The van der Waals surface area contributed by atoms with Crippen molar-refractivity contribution in [3.8, 4) is 0 Å². The lowest BCUT2D eigenvalue weighted by molar-refractivity contribution is -0.229. The van der Waals surface area contributed by atoms with Crippen LogP contribution in [-0.2, 0) is 14.3 Å². The van der Waals surface area contributed by atoms with E-state index in [0.29, 0.717) is 10.8 Å². The highest BCUT2D eigenvalue weighted by atomic mass is 16.7. The number of carboxylic acids is 1. The fourth-order valence-electron chi connectivity index (χ4n) is 9.50. The van der Waals surface area contributed by atoms with E-state index < -0.39 is 5.97 Å². The Morgan fingerprint density at radius 2 is 1.69 bits per heavy atom. The molecule has 1 N–H and O–H groups in total. The van der Waals surface area contributed by atoms with E-state index in [1.807, 2.05) is 6.92 Å². The number of unbranched alkanes of at least 4 members (excludes halogenated alkanes) is 1. The van der Waals surface area contributed by atoms with E-state index in [1.54, 1.807) is 0 Å². The zero-order valence-electron chi connectivity index (χ0n) is 20.7. The molecule has 0 bridgehead atoms. The van der Waals surface area contributed by atoms with Crippen LogP contribution in [0.1, 0.15) is 104 Å². The first-order chi connectivity index (χ1) is 15.3. The number of rotatable bonds is 6. The summed E-state index contributed by atoms with van der Waals surface area (Å²) in [5.41, 5.74) is 1.01. The smallest absolute Gasteiger partial charge is 0.306 e. The molecule has 1 heterocycles. The molecule has 4 heteroatoms. The van der Waals surface area contributed by atoms with Crippen molar-refractivity contribution in [1.29, 1.82) is 0 Å². The Morgan fingerprint density at radius 1 is 0.938 bits per heavy atom. The standard InChI is InChI=1S/C28H46O4/c1-19(25(29)30)6-4-5-7-20-9-11-23-22-10-8-21-18-28(31-16-17-32-28)15-14-27(21,3)24(22)12-13-26(20,23)2/h19-24H,4-18H2,1-3H3,(H,29,30). The van der Waals surface area contributed by atoms with Crippen molar-refractivity contribution < 1.29 is 19.4 Å². The summed E-state index contributed by atoms with van der Waals surface area (Å²) in [7, 11) is 0. The second kappa shape index (κ2) is 8.56. The summed E-state index contributed by atoms with van der Waals surface area (Å²) >= 11 is 0. The Hall–Kier alpha value is -0.610. The number of carbonyl (C=O) groups is 1. The summed E-state index contributed by atoms with van der Waals surface area (Å²) < 4.78 is 12.3. The van der Waals surface area contributed by atoms with Crippen LogP contribution in [-0.4, -0.2) is 30.1 Å². The van der Waals surface area contributed by atoms with Crippen LogP contribution >= 0.6 is 0 Å². The molecule has 1 spiro atoms. The number of fused-ring (bicyclic) bond motifs is 5. The molecule has 0 radical (unpaired) electrons. The van der Waals surface area contributed by atoms with Gasteiger partial charge in [-0.3, -0.25) is 4.79 Å². The molecule has 0 amide bonds. The molecule has 4 aliphatic carbocycles. The van der Waals surface area contributed by atoms with Gasteiger partial charge < -0.3 is 14.6 Å². The molecule has 0 aromatic heterocycles. The third-order valence-corrected chi connectivity index (χ3v) is 11.5. The largest absolute Gasteiger partial charge is 0.481 e. The van der Waals surface area contributed by atoms with E-state index in [2.05, 4.69) is 13.8 Å². The summed E-state index contributed by atoms with van der Waals surface area (Å²) in [5.74, 6) is 3.29. The van der Waals surface area contributed by atoms with Gasteiger partial charge >= 0.3 is 5.97 Å². The molecule has 4 nitrogen and oxygen atoms in total. The van der Waals surface area contributed by atoms with Crippen molar-refractivity contribution in [3.05, 3.63) is 0 Å². The summed E-state index contributed by atoms with van der Waals surface area (Å²) in [4.78, 5) is 11.1. The molecule has 8 unspecified atom stereocenters. The lowest BCUT2D eigenvalue weighted by Crippen LogP contribution is -2.56. The summed E-state index contributed by atoms with van der Waals surface area (Å²) in [6, 6.07) is 0. The van der Waals surface area contributed by atoms with Crippen molar-refractivity contribution in [2.45, 2.75) is 110 Å². The Labute approximate surface area is 195 Å². The number of aliphatic carboxylic acids is 1. The minimum atomic E-state index is -0.639. The predicted molar refractivity (Wildman–Crippen MR) is 125 cm³/mol. The van der Waals surface area contributed by atoms with E-state index in [9.17, 15) is 4.79 Å². The molecular formula is C28H46O4. The zero-order valence-corrected chi connectivity index (χ0v) is 20.7. The molecule has 1 saturated heterocycles. The number of ether oxygens (including phenoxy) is 2. The first-order valence-corrected chi connectivity index (χ1v) is 13.8. The Bertz CT molecular complexity index is 700. The molecule has 5 fully saturated rings. The third-order valence-electron chi connectivity index (χ3n) is 11.5. The van der Waals surface area contributed by atoms with Gasteiger partial charge in [0, 0.05) is 12.8 Å². The zero-order chi connectivity index (χ0) is 22.6. The predicted octanol–water partition coefficient (Wildman–Crippen LogP) is 6.67. The number of hydrogen-bond donors (Lipinski definition) is 1. The van der Waals surface area contributed by atoms with Gasteiger partial charge in [-0.05, 0) is 98.2 Å². The maximum atomic E-state index is 11.1. The molecule has 4 saturated carbocycles. The van der Waals surface area contributed by atoms with Gasteiger partial charge in [0.15, 0.2) is 5.79 Å². The molecule has 8 atom stereocenters. The number of hydrogen-bond acceptors (Lipinski definition) is 3. The van der Waals surface area contributed by atoms with Crippen molar-refractivity contribution in [3.63, 3.8) is 0 Å². The Kier molecular flexibility index (Phi) is 6.19. The maximum absolute atomic E-state index is 11.1. The molecule has 1 aliphatic heterocycles. The van der Waals surface area contributed by atoms with Gasteiger partial charge in [0.2, 0.25) is 0 Å². The van der Waals surface area contributed by atoms with Crippen LogP contribution in [0.3, 0.4) is 0 Å². The fourth-order valence-corrected chi connectivity index (χ4v) is 9.50. The quantitative estimate of drug-likeness (QED) is 0.463. The second-order valence-electron chi connectivity index (χ2n) is 12.8. The molecule has 5 aliphatic rings. The van der Waals surface area contributed by atoms with E-state index >= 15 is 0 Å².